The minimum absolute atomic E-state index is 0.0780. The normalized spacial score (nSPS) is 19.1. The van der Waals surface area contributed by atoms with Crippen LogP contribution >= 0.6 is 0 Å². The maximum absolute atomic E-state index is 13.2. The molecule has 1 aromatic rings. The van der Waals surface area contributed by atoms with Gasteiger partial charge in [-0.05, 0) is 64.0 Å². The van der Waals surface area contributed by atoms with Gasteiger partial charge >= 0.3 is 12.3 Å². The van der Waals surface area contributed by atoms with E-state index in [9.17, 15) is 22.8 Å². The topological polar surface area (TPSA) is 49.9 Å². The Hall–Kier alpha value is -2.25. The number of ether oxygens (including phenoxy) is 1. The highest BCUT2D eigenvalue weighted by Gasteiger charge is 2.53. The molecule has 2 amide bonds. The molecule has 0 bridgehead atoms. The van der Waals surface area contributed by atoms with E-state index in [4.69, 9.17) is 4.74 Å². The van der Waals surface area contributed by atoms with Gasteiger partial charge in [-0.1, -0.05) is 18.2 Å². The molecule has 8 heteroatoms. The number of alkyl halides is 3. The van der Waals surface area contributed by atoms with Crippen molar-refractivity contribution in [2.24, 2.45) is 5.92 Å². The maximum atomic E-state index is 13.2. The van der Waals surface area contributed by atoms with Gasteiger partial charge in [0.05, 0.1) is 11.0 Å². The molecule has 1 aliphatic heterocycles. The van der Waals surface area contributed by atoms with Gasteiger partial charge in [0, 0.05) is 26.7 Å². The lowest BCUT2D eigenvalue weighted by Crippen LogP contribution is -2.46. The Balaban J connectivity index is 1.58. The number of amides is 2. The molecule has 3 rings (SSSR count). The molecule has 0 unspecified atom stereocenters. The molecule has 2 aliphatic rings. The summed E-state index contributed by atoms with van der Waals surface area (Å²) in [4.78, 5) is 28.7. The van der Waals surface area contributed by atoms with Crippen LogP contribution in [0.4, 0.5) is 18.0 Å². The molecule has 1 heterocycles. The minimum atomic E-state index is -4.42. The van der Waals surface area contributed by atoms with Crippen LogP contribution in [0.2, 0.25) is 0 Å². The van der Waals surface area contributed by atoms with E-state index >= 15 is 0 Å². The molecule has 0 aromatic heterocycles. The molecule has 31 heavy (non-hydrogen) atoms. The number of hydrogen-bond donors (Lipinski definition) is 0. The molecule has 2 fully saturated rings. The van der Waals surface area contributed by atoms with Gasteiger partial charge in [0.1, 0.15) is 5.60 Å². The van der Waals surface area contributed by atoms with Gasteiger partial charge in [-0.3, -0.25) is 4.79 Å². The van der Waals surface area contributed by atoms with Crippen LogP contribution in [-0.2, 0) is 21.1 Å². The number of rotatable bonds is 4. The molecule has 0 radical (unpaired) electrons. The van der Waals surface area contributed by atoms with Gasteiger partial charge in [0.15, 0.2) is 0 Å². The number of piperidine rings is 1. The predicted octanol–water partition coefficient (Wildman–Crippen LogP) is 4.84. The second-order valence-electron chi connectivity index (χ2n) is 9.76. The third kappa shape index (κ3) is 5.52. The summed E-state index contributed by atoms with van der Waals surface area (Å²) in [6.45, 7) is 7.11. The van der Waals surface area contributed by atoms with Gasteiger partial charge in [-0.25, -0.2) is 4.79 Å². The Bertz CT molecular complexity index is 820. The Morgan fingerprint density at radius 3 is 2.29 bits per heavy atom. The first-order valence-corrected chi connectivity index (χ1v) is 10.7. The van der Waals surface area contributed by atoms with Crippen molar-refractivity contribution in [1.29, 1.82) is 0 Å². The van der Waals surface area contributed by atoms with Crippen LogP contribution in [0.1, 0.15) is 57.6 Å². The molecular weight excluding hydrogens is 409 g/mol. The first kappa shape index (κ1) is 23.4. The van der Waals surface area contributed by atoms with Crippen molar-refractivity contribution in [3.63, 3.8) is 0 Å². The lowest BCUT2D eigenvalue weighted by atomic mass is 9.90. The van der Waals surface area contributed by atoms with Gasteiger partial charge in [-0.15, -0.1) is 0 Å². The largest absolute Gasteiger partial charge is 0.444 e. The van der Waals surface area contributed by atoms with Gasteiger partial charge in [0.2, 0.25) is 5.91 Å². The van der Waals surface area contributed by atoms with Crippen LogP contribution < -0.4 is 0 Å². The van der Waals surface area contributed by atoms with Crippen LogP contribution in [0.5, 0.6) is 0 Å². The van der Waals surface area contributed by atoms with Crippen molar-refractivity contribution in [1.82, 2.24) is 9.80 Å². The van der Waals surface area contributed by atoms with Crippen molar-refractivity contribution in [3.8, 4) is 0 Å². The highest BCUT2D eigenvalue weighted by Crippen LogP contribution is 2.50. The number of nitrogens with zero attached hydrogens (tertiary/aromatic N) is 2. The van der Waals surface area contributed by atoms with Crippen LogP contribution in [-0.4, -0.2) is 54.1 Å². The first-order valence-electron chi connectivity index (χ1n) is 10.7. The zero-order valence-electron chi connectivity index (χ0n) is 18.6. The van der Waals surface area contributed by atoms with E-state index in [1.807, 2.05) is 20.8 Å². The number of halogens is 3. The van der Waals surface area contributed by atoms with E-state index in [1.54, 1.807) is 22.9 Å². The molecule has 0 N–H and O–H groups in total. The van der Waals surface area contributed by atoms with Crippen LogP contribution in [0.3, 0.4) is 0 Å². The first-order chi connectivity index (χ1) is 14.3. The highest BCUT2D eigenvalue weighted by atomic mass is 19.4. The average molecular weight is 441 g/mol. The number of benzene rings is 1. The molecule has 172 valence electrons. The average Bonchev–Trinajstić information content (AvgIpc) is 3.48. The second kappa shape index (κ2) is 8.36. The molecular formula is C23H31F3N2O3. The zero-order valence-corrected chi connectivity index (χ0v) is 18.6. The molecule has 1 saturated heterocycles. The summed E-state index contributed by atoms with van der Waals surface area (Å²) in [5.41, 5.74) is -1.63. The Morgan fingerprint density at radius 2 is 1.77 bits per heavy atom. The molecule has 5 nitrogen and oxygen atoms in total. The fourth-order valence-corrected chi connectivity index (χ4v) is 4.17. The molecule has 1 aromatic carbocycles. The van der Waals surface area contributed by atoms with E-state index in [0.29, 0.717) is 38.0 Å². The van der Waals surface area contributed by atoms with Crippen molar-refractivity contribution in [2.75, 3.05) is 26.7 Å². The number of carbonyl (C=O) groups is 2. The van der Waals surface area contributed by atoms with E-state index in [0.717, 1.165) is 25.0 Å². The van der Waals surface area contributed by atoms with Gasteiger partial charge in [0.25, 0.3) is 0 Å². The Labute approximate surface area is 181 Å². The van der Waals surface area contributed by atoms with Crippen molar-refractivity contribution in [2.45, 2.75) is 63.6 Å². The monoisotopic (exact) mass is 440 g/mol. The minimum Gasteiger partial charge on any atom is -0.444 e. The van der Waals surface area contributed by atoms with E-state index in [2.05, 4.69) is 0 Å². The summed E-state index contributed by atoms with van der Waals surface area (Å²) in [5, 5.41) is 0. The summed E-state index contributed by atoms with van der Waals surface area (Å²) in [6, 6.07) is 5.16. The Morgan fingerprint density at radius 1 is 1.16 bits per heavy atom. The Kier molecular flexibility index (Phi) is 6.31. The zero-order chi connectivity index (χ0) is 23.0. The summed E-state index contributed by atoms with van der Waals surface area (Å²) in [5.74, 6) is 0.177. The molecule has 0 atom stereocenters. The van der Waals surface area contributed by atoms with Crippen LogP contribution in [0.25, 0.3) is 0 Å². The van der Waals surface area contributed by atoms with Crippen molar-refractivity contribution >= 4 is 12.0 Å². The number of carbonyl (C=O) groups excluding carboxylic acids is 2. The lowest BCUT2D eigenvalue weighted by Gasteiger charge is -2.36. The summed E-state index contributed by atoms with van der Waals surface area (Å²) in [7, 11) is 1.71. The third-order valence-electron chi connectivity index (χ3n) is 6.04. The molecule has 0 spiro atoms. The van der Waals surface area contributed by atoms with E-state index < -0.39 is 22.8 Å². The summed E-state index contributed by atoms with van der Waals surface area (Å²) < 4.78 is 44.7. The standard InChI is InChI=1S/C23H31F3N2O3/c1-21(2,3)31-20(30)27(4)15-16-8-12-28(13-9-16)19(29)22(10-11-22)17-6-5-7-18(14-17)23(24,25)26/h5-7,14,16H,8-13,15H2,1-4H3. The smallest absolute Gasteiger partial charge is 0.416 e. The fraction of sp³-hybridized carbons (Fsp3) is 0.652. The van der Waals surface area contributed by atoms with Crippen molar-refractivity contribution in [3.05, 3.63) is 35.4 Å². The van der Waals surface area contributed by atoms with Crippen molar-refractivity contribution < 1.29 is 27.5 Å². The predicted molar refractivity (Wildman–Crippen MR) is 111 cm³/mol. The fourth-order valence-electron chi connectivity index (χ4n) is 4.17. The SMILES string of the molecule is CN(CC1CCN(C(=O)C2(c3cccc(C(F)(F)F)c3)CC2)CC1)C(=O)OC(C)(C)C. The molecule has 1 saturated carbocycles. The van der Waals surface area contributed by atoms with E-state index in [1.165, 1.54) is 6.07 Å². The number of hydrogen-bond acceptors (Lipinski definition) is 3. The van der Waals surface area contributed by atoms with Crippen LogP contribution in [0, 0.1) is 5.92 Å². The molecule has 1 aliphatic carbocycles. The third-order valence-corrected chi connectivity index (χ3v) is 6.04. The van der Waals surface area contributed by atoms with Gasteiger partial charge < -0.3 is 14.5 Å². The second-order valence-corrected chi connectivity index (χ2v) is 9.76. The van der Waals surface area contributed by atoms with E-state index in [-0.39, 0.29) is 17.9 Å². The lowest BCUT2D eigenvalue weighted by molar-refractivity contribution is -0.138. The summed E-state index contributed by atoms with van der Waals surface area (Å²) in [6.07, 6.45) is -2.14. The van der Waals surface area contributed by atoms with Crippen LogP contribution in [0.15, 0.2) is 24.3 Å². The maximum Gasteiger partial charge on any atom is 0.416 e. The quantitative estimate of drug-likeness (QED) is 0.673. The number of likely N-dealkylation sites (tertiary alicyclic amines) is 1. The highest BCUT2D eigenvalue weighted by molar-refractivity contribution is 5.91. The van der Waals surface area contributed by atoms with Gasteiger partial charge in [-0.2, -0.15) is 13.2 Å². The summed E-state index contributed by atoms with van der Waals surface area (Å²) >= 11 is 0.